The van der Waals surface area contributed by atoms with Gasteiger partial charge in [0.05, 0.1) is 12.8 Å². The summed E-state index contributed by atoms with van der Waals surface area (Å²) in [6, 6.07) is 4.84. The standard InChI is InChI=1S/C23H32N2O7/c1-15(26)25-18-12-11-16(30-6)14-17(18)23(5,20(25)28)31-19(27)10-8-7-9-13-24-21(29)32-22(2,3)4/h11-12,14H,7-10,13H2,1-6H3,(H,24,29). The molecule has 1 aliphatic rings. The van der Waals surface area contributed by atoms with Gasteiger partial charge in [-0.05, 0) is 58.7 Å². The molecule has 0 saturated heterocycles. The minimum atomic E-state index is -1.61. The van der Waals surface area contributed by atoms with Crippen LogP contribution in [0.5, 0.6) is 5.75 Å². The minimum absolute atomic E-state index is 0.106. The van der Waals surface area contributed by atoms with Crippen LogP contribution in [0.25, 0.3) is 0 Å². The molecule has 1 heterocycles. The number of nitrogens with one attached hydrogen (secondary N) is 1. The summed E-state index contributed by atoms with van der Waals surface area (Å²) >= 11 is 0. The van der Waals surface area contributed by atoms with E-state index in [1.54, 1.807) is 39.0 Å². The van der Waals surface area contributed by atoms with E-state index in [1.165, 1.54) is 21.0 Å². The smallest absolute Gasteiger partial charge is 0.407 e. The molecule has 0 bridgehead atoms. The Bertz CT molecular complexity index is 891. The van der Waals surface area contributed by atoms with Crippen LogP contribution in [0.4, 0.5) is 10.5 Å². The zero-order valence-electron chi connectivity index (χ0n) is 19.6. The van der Waals surface area contributed by atoms with Gasteiger partial charge in [-0.25, -0.2) is 9.69 Å². The first-order chi connectivity index (χ1) is 14.9. The summed E-state index contributed by atoms with van der Waals surface area (Å²) in [5.74, 6) is -1.12. The lowest BCUT2D eigenvalue weighted by atomic mass is 9.97. The molecule has 3 amide bonds. The van der Waals surface area contributed by atoms with Crippen LogP contribution in [-0.2, 0) is 29.5 Å². The van der Waals surface area contributed by atoms with Gasteiger partial charge in [-0.2, -0.15) is 0 Å². The molecule has 0 fully saturated rings. The highest BCUT2D eigenvalue weighted by Gasteiger charge is 2.52. The van der Waals surface area contributed by atoms with Gasteiger partial charge < -0.3 is 19.5 Å². The van der Waals surface area contributed by atoms with E-state index < -0.39 is 35.1 Å². The Morgan fingerprint density at radius 3 is 2.41 bits per heavy atom. The molecule has 0 saturated carbocycles. The van der Waals surface area contributed by atoms with Crippen LogP contribution in [0.1, 0.15) is 65.9 Å². The second-order valence-electron chi connectivity index (χ2n) is 8.79. The first-order valence-corrected chi connectivity index (χ1v) is 10.6. The molecule has 2 rings (SSSR count). The lowest BCUT2D eigenvalue weighted by Gasteiger charge is -2.24. The summed E-state index contributed by atoms with van der Waals surface area (Å²) in [4.78, 5) is 50.1. The van der Waals surface area contributed by atoms with Crippen LogP contribution in [0, 0.1) is 0 Å². The number of esters is 1. The third-order valence-electron chi connectivity index (χ3n) is 4.93. The highest BCUT2D eigenvalue weighted by Crippen LogP contribution is 2.44. The number of methoxy groups -OCH3 is 1. The number of alkyl carbamates (subject to hydrolysis) is 1. The number of imide groups is 1. The van der Waals surface area contributed by atoms with E-state index in [2.05, 4.69) is 5.32 Å². The van der Waals surface area contributed by atoms with Gasteiger partial charge in [0.15, 0.2) is 0 Å². The molecule has 1 aliphatic heterocycles. The second-order valence-corrected chi connectivity index (χ2v) is 8.79. The molecule has 176 valence electrons. The number of benzene rings is 1. The predicted molar refractivity (Wildman–Crippen MR) is 117 cm³/mol. The van der Waals surface area contributed by atoms with Crippen LogP contribution in [-0.4, -0.2) is 43.1 Å². The molecule has 0 aliphatic carbocycles. The third kappa shape index (κ3) is 5.99. The fourth-order valence-electron chi connectivity index (χ4n) is 3.42. The SMILES string of the molecule is COc1ccc2c(c1)C(C)(OC(=O)CCCCCNC(=O)OC(C)(C)C)C(=O)N2C(C)=O. The molecule has 0 radical (unpaired) electrons. The van der Waals surface area contributed by atoms with Crippen LogP contribution >= 0.6 is 0 Å². The number of anilines is 1. The molecule has 1 aromatic carbocycles. The molecule has 9 nitrogen and oxygen atoms in total. The van der Waals surface area contributed by atoms with Crippen molar-refractivity contribution in [3.8, 4) is 5.75 Å². The molecule has 32 heavy (non-hydrogen) atoms. The number of ether oxygens (including phenoxy) is 3. The van der Waals surface area contributed by atoms with E-state index >= 15 is 0 Å². The maximum Gasteiger partial charge on any atom is 0.407 e. The lowest BCUT2D eigenvalue weighted by molar-refractivity contribution is -0.166. The van der Waals surface area contributed by atoms with Crippen molar-refractivity contribution >= 4 is 29.6 Å². The average molecular weight is 449 g/mol. The van der Waals surface area contributed by atoms with Gasteiger partial charge in [0.25, 0.3) is 5.91 Å². The van der Waals surface area contributed by atoms with E-state index in [1.807, 2.05) is 0 Å². The number of carbonyl (C=O) groups excluding carboxylic acids is 4. The Morgan fingerprint density at radius 2 is 1.81 bits per heavy atom. The summed E-state index contributed by atoms with van der Waals surface area (Å²) in [6.07, 6.45) is 1.50. The van der Waals surface area contributed by atoms with Crippen LogP contribution in [0.3, 0.4) is 0 Å². The summed E-state index contributed by atoms with van der Waals surface area (Å²) in [6.45, 7) is 8.57. The number of unbranched alkanes of at least 4 members (excludes halogenated alkanes) is 2. The Kier molecular flexibility index (Phi) is 7.87. The monoisotopic (exact) mass is 448 g/mol. The molecule has 0 aromatic heterocycles. The van der Waals surface area contributed by atoms with Crippen molar-refractivity contribution in [2.45, 2.75) is 71.5 Å². The van der Waals surface area contributed by atoms with Crippen LogP contribution < -0.4 is 15.0 Å². The molecular weight excluding hydrogens is 416 g/mol. The number of carbonyl (C=O) groups is 4. The van der Waals surface area contributed by atoms with E-state index in [0.29, 0.717) is 42.8 Å². The summed E-state index contributed by atoms with van der Waals surface area (Å²) in [7, 11) is 1.49. The molecular formula is C23H32N2O7. The summed E-state index contributed by atoms with van der Waals surface area (Å²) in [5.41, 5.74) is -1.37. The zero-order valence-corrected chi connectivity index (χ0v) is 19.6. The molecule has 1 N–H and O–H groups in total. The highest BCUT2D eigenvalue weighted by atomic mass is 16.6. The van der Waals surface area contributed by atoms with Gasteiger partial charge in [0.2, 0.25) is 11.5 Å². The summed E-state index contributed by atoms with van der Waals surface area (Å²) < 4.78 is 16.0. The van der Waals surface area contributed by atoms with Crippen LogP contribution in [0.15, 0.2) is 18.2 Å². The Balaban J connectivity index is 1.90. The lowest BCUT2D eigenvalue weighted by Crippen LogP contribution is -2.43. The number of rotatable bonds is 8. The molecule has 0 spiro atoms. The number of hydrogen-bond acceptors (Lipinski definition) is 7. The quantitative estimate of drug-likeness (QED) is 0.479. The third-order valence-corrected chi connectivity index (χ3v) is 4.93. The first-order valence-electron chi connectivity index (χ1n) is 10.6. The van der Waals surface area contributed by atoms with E-state index in [0.717, 1.165) is 4.90 Å². The number of hydrogen-bond donors (Lipinski definition) is 1. The van der Waals surface area contributed by atoms with E-state index in [9.17, 15) is 19.2 Å². The topological polar surface area (TPSA) is 111 Å². The van der Waals surface area contributed by atoms with Crippen molar-refractivity contribution < 1.29 is 33.4 Å². The Morgan fingerprint density at radius 1 is 1.12 bits per heavy atom. The zero-order chi connectivity index (χ0) is 24.1. The van der Waals surface area contributed by atoms with Crippen molar-refractivity contribution in [3.05, 3.63) is 23.8 Å². The Hall–Kier alpha value is -3.10. The van der Waals surface area contributed by atoms with Gasteiger partial charge in [-0.1, -0.05) is 6.42 Å². The van der Waals surface area contributed by atoms with E-state index in [-0.39, 0.29) is 6.42 Å². The van der Waals surface area contributed by atoms with Crippen LogP contribution in [0.2, 0.25) is 0 Å². The highest BCUT2D eigenvalue weighted by molar-refractivity contribution is 6.22. The maximum atomic E-state index is 13.0. The van der Waals surface area contributed by atoms with Gasteiger partial charge >= 0.3 is 12.1 Å². The molecule has 1 unspecified atom stereocenters. The second kappa shape index (κ2) is 10.0. The van der Waals surface area contributed by atoms with Gasteiger partial charge in [0, 0.05) is 25.5 Å². The maximum absolute atomic E-state index is 13.0. The number of nitrogens with zero attached hydrogens (tertiary/aromatic N) is 1. The molecule has 1 atom stereocenters. The number of amides is 3. The summed E-state index contributed by atoms with van der Waals surface area (Å²) in [5, 5.41) is 2.66. The average Bonchev–Trinajstić information content (AvgIpc) is 2.89. The van der Waals surface area contributed by atoms with Gasteiger partial charge in [0.1, 0.15) is 11.4 Å². The predicted octanol–water partition coefficient (Wildman–Crippen LogP) is 3.43. The Labute approximate surface area is 188 Å². The van der Waals surface area contributed by atoms with E-state index in [4.69, 9.17) is 14.2 Å². The molecule has 9 heteroatoms. The fraction of sp³-hybridized carbons (Fsp3) is 0.565. The van der Waals surface area contributed by atoms with Crippen molar-refractivity contribution in [1.29, 1.82) is 0 Å². The largest absolute Gasteiger partial charge is 0.497 e. The number of fused-ring (bicyclic) bond motifs is 1. The fourth-order valence-corrected chi connectivity index (χ4v) is 3.42. The molecule has 1 aromatic rings. The van der Waals surface area contributed by atoms with Gasteiger partial charge in [-0.3, -0.25) is 14.4 Å². The van der Waals surface area contributed by atoms with Crippen molar-refractivity contribution in [3.63, 3.8) is 0 Å². The van der Waals surface area contributed by atoms with Crippen molar-refractivity contribution in [2.75, 3.05) is 18.6 Å². The van der Waals surface area contributed by atoms with Crippen molar-refractivity contribution in [1.82, 2.24) is 5.32 Å². The first kappa shape index (κ1) is 25.2. The van der Waals surface area contributed by atoms with Gasteiger partial charge in [-0.15, -0.1) is 0 Å². The van der Waals surface area contributed by atoms with Crippen molar-refractivity contribution in [2.24, 2.45) is 0 Å². The minimum Gasteiger partial charge on any atom is -0.497 e. The normalized spacial score (nSPS) is 17.6.